The summed E-state index contributed by atoms with van der Waals surface area (Å²) in [6, 6.07) is 4.81. The molecule has 1 aliphatic heterocycles. The summed E-state index contributed by atoms with van der Waals surface area (Å²) < 4.78 is 34.2. The van der Waals surface area contributed by atoms with E-state index >= 15 is 0 Å². The highest BCUT2D eigenvalue weighted by Gasteiger charge is 2.38. The molecule has 0 aliphatic carbocycles. The number of amides is 1. The molecule has 0 saturated carbocycles. The lowest BCUT2D eigenvalue weighted by atomic mass is 9.93. The summed E-state index contributed by atoms with van der Waals surface area (Å²) in [7, 11) is -0.697. The summed E-state index contributed by atoms with van der Waals surface area (Å²) in [6.07, 6.45) is 1.03. The molecule has 0 bridgehead atoms. The Labute approximate surface area is 174 Å². The average molecular weight is 425 g/mol. The van der Waals surface area contributed by atoms with Crippen molar-refractivity contribution in [2.75, 3.05) is 20.6 Å². The lowest BCUT2D eigenvalue weighted by Gasteiger charge is -2.41. The van der Waals surface area contributed by atoms with Gasteiger partial charge in [0.25, 0.3) is 10.2 Å². The normalized spacial score (nSPS) is 20.2. The van der Waals surface area contributed by atoms with Crippen LogP contribution in [0.1, 0.15) is 45.0 Å². The van der Waals surface area contributed by atoms with Crippen molar-refractivity contribution in [2.45, 2.75) is 58.2 Å². The minimum absolute atomic E-state index is 0.258. The molecule has 162 valence electrons. The van der Waals surface area contributed by atoms with Gasteiger partial charge < -0.3 is 9.64 Å². The number of hydrogen-bond acceptors (Lipinski definition) is 5. The van der Waals surface area contributed by atoms with Gasteiger partial charge in [-0.1, -0.05) is 12.6 Å². The fraction of sp³-hybridized carbons (Fsp3) is 0.600. The molecule has 0 spiro atoms. The maximum atomic E-state index is 12.7. The number of pyridine rings is 1. The summed E-state index contributed by atoms with van der Waals surface area (Å²) in [4.78, 5) is 19.0. The number of ether oxygens (including phenoxy) is 1. The summed E-state index contributed by atoms with van der Waals surface area (Å²) in [6.45, 7) is 9.91. The SMILES string of the molecule is C=C(C)c1cccc(C[C@H]2[C@@H](NS(=O)(=O)N(C)C)CCCN2C(=O)OC(C)C)n1. The molecule has 9 heteroatoms. The van der Waals surface area contributed by atoms with E-state index in [1.165, 1.54) is 14.1 Å². The molecule has 1 N–H and O–H groups in total. The highest BCUT2D eigenvalue weighted by atomic mass is 32.2. The number of rotatable bonds is 7. The zero-order valence-electron chi connectivity index (χ0n) is 17.9. The van der Waals surface area contributed by atoms with Crippen LogP contribution in [-0.2, 0) is 21.4 Å². The van der Waals surface area contributed by atoms with Crippen molar-refractivity contribution in [3.8, 4) is 0 Å². The van der Waals surface area contributed by atoms with Crippen LogP contribution in [0, 0.1) is 0 Å². The summed E-state index contributed by atoms with van der Waals surface area (Å²) in [5, 5.41) is 0. The number of carbonyl (C=O) groups is 1. The van der Waals surface area contributed by atoms with Crippen LogP contribution in [0.2, 0.25) is 0 Å². The Morgan fingerprint density at radius 3 is 2.69 bits per heavy atom. The Hall–Kier alpha value is -1.97. The highest BCUT2D eigenvalue weighted by Crippen LogP contribution is 2.24. The van der Waals surface area contributed by atoms with Crippen molar-refractivity contribution < 1.29 is 17.9 Å². The van der Waals surface area contributed by atoms with Crippen molar-refractivity contribution >= 4 is 21.9 Å². The van der Waals surface area contributed by atoms with E-state index in [0.717, 1.165) is 21.3 Å². The fourth-order valence-corrected chi connectivity index (χ4v) is 4.15. The molecule has 1 aromatic heterocycles. The molecule has 2 heterocycles. The zero-order chi connectivity index (χ0) is 21.8. The van der Waals surface area contributed by atoms with Crippen LogP contribution < -0.4 is 4.72 Å². The molecule has 2 atom stereocenters. The van der Waals surface area contributed by atoms with Gasteiger partial charge in [0, 0.05) is 38.8 Å². The molecule has 1 saturated heterocycles. The van der Waals surface area contributed by atoms with Gasteiger partial charge in [0.1, 0.15) is 0 Å². The molecule has 1 amide bonds. The minimum Gasteiger partial charge on any atom is -0.447 e. The predicted molar refractivity (Wildman–Crippen MR) is 114 cm³/mol. The van der Waals surface area contributed by atoms with Crippen LogP contribution in [0.15, 0.2) is 24.8 Å². The number of aromatic nitrogens is 1. The second-order valence-electron chi connectivity index (χ2n) is 7.85. The van der Waals surface area contributed by atoms with Gasteiger partial charge >= 0.3 is 6.09 Å². The summed E-state index contributed by atoms with van der Waals surface area (Å²) >= 11 is 0. The number of carbonyl (C=O) groups excluding carboxylic acids is 1. The second kappa shape index (κ2) is 9.69. The van der Waals surface area contributed by atoms with E-state index < -0.39 is 28.4 Å². The molecule has 2 rings (SSSR count). The first kappa shape index (κ1) is 23.3. The first-order valence-electron chi connectivity index (χ1n) is 9.80. The first-order chi connectivity index (χ1) is 13.5. The Morgan fingerprint density at radius 2 is 2.10 bits per heavy atom. The van der Waals surface area contributed by atoms with Crippen LogP contribution in [0.5, 0.6) is 0 Å². The van der Waals surface area contributed by atoms with Gasteiger partial charge in [0.2, 0.25) is 0 Å². The fourth-order valence-electron chi connectivity index (χ4n) is 3.28. The van der Waals surface area contributed by atoms with Gasteiger partial charge in [-0.2, -0.15) is 17.4 Å². The van der Waals surface area contributed by atoms with E-state index in [4.69, 9.17) is 4.74 Å². The van der Waals surface area contributed by atoms with E-state index in [1.807, 2.05) is 25.1 Å². The molecule has 1 aromatic rings. The monoisotopic (exact) mass is 424 g/mol. The van der Waals surface area contributed by atoms with E-state index in [2.05, 4.69) is 16.3 Å². The second-order valence-corrected chi connectivity index (χ2v) is 9.76. The van der Waals surface area contributed by atoms with Crippen molar-refractivity contribution in [3.63, 3.8) is 0 Å². The predicted octanol–water partition coefficient (Wildman–Crippen LogP) is 2.43. The quantitative estimate of drug-likeness (QED) is 0.726. The van der Waals surface area contributed by atoms with E-state index in [0.29, 0.717) is 25.8 Å². The van der Waals surface area contributed by atoms with Gasteiger partial charge in [-0.25, -0.2) is 4.79 Å². The van der Waals surface area contributed by atoms with Gasteiger partial charge in [-0.15, -0.1) is 0 Å². The van der Waals surface area contributed by atoms with Gasteiger partial charge in [0.15, 0.2) is 0 Å². The van der Waals surface area contributed by atoms with Crippen LogP contribution in [0.25, 0.3) is 5.57 Å². The molecule has 0 radical (unpaired) electrons. The Morgan fingerprint density at radius 1 is 1.41 bits per heavy atom. The molecule has 8 nitrogen and oxygen atoms in total. The zero-order valence-corrected chi connectivity index (χ0v) is 18.7. The molecule has 29 heavy (non-hydrogen) atoms. The molecular weight excluding hydrogens is 392 g/mol. The Kier molecular flexibility index (Phi) is 7.79. The molecule has 0 unspecified atom stereocenters. The van der Waals surface area contributed by atoms with Crippen molar-refractivity contribution in [1.82, 2.24) is 18.9 Å². The van der Waals surface area contributed by atoms with Gasteiger partial charge in [-0.05, 0) is 51.3 Å². The standard InChI is InChI=1S/C20H32N4O4S/c1-14(2)17-10-7-9-16(21-17)13-19-18(22-29(26,27)23(5)6)11-8-12-24(19)20(25)28-15(3)4/h7,9-10,15,18-19,22H,1,8,11-13H2,2-6H3/t18-,19-/m0/s1. The lowest BCUT2D eigenvalue weighted by Crippen LogP contribution is -2.59. The number of allylic oxidation sites excluding steroid dienone is 1. The average Bonchev–Trinajstić information content (AvgIpc) is 2.62. The molecular formula is C20H32N4O4S. The van der Waals surface area contributed by atoms with Crippen LogP contribution in [0.4, 0.5) is 4.79 Å². The number of nitrogens with one attached hydrogen (secondary N) is 1. The van der Waals surface area contributed by atoms with Crippen LogP contribution >= 0.6 is 0 Å². The Balaban J connectivity index is 2.35. The van der Waals surface area contributed by atoms with Crippen LogP contribution in [0.3, 0.4) is 0 Å². The van der Waals surface area contributed by atoms with E-state index in [1.54, 1.807) is 18.7 Å². The summed E-state index contributed by atoms with van der Waals surface area (Å²) in [5.41, 5.74) is 2.39. The maximum absolute atomic E-state index is 12.7. The molecule has 1 fully saturated rings. The third-order valence-electron chi connectivity index (χ3n) is 4.79. The van der Waals surface area contributed by atoms with Crippen LogP contribution in [-0.4, -0.2) is 67.5 Å². The lowest BCUT2D eigenvalue weighted by molar-refractivity contribution is 0.0457. The van der Waals surface area contributed by atoms with Crippen molar-refractivity contribution in [2.24, 2.45) is 0 Å². The molecule has 0 aromatic carbocycles. The number of likely N-dealkylation sites (tertiary alicyclic amines) is 1. The Bertz CT molecular complexity index is 839. The van der Waals surface area contributed by atoms with Gasteiger partial charge in [-0.3, -0.25) is 4.98 Å². The van der Waals surface area contributed by atoms with E-state index in [-0.39, 0.29) is 6.10 Å². The number of piperidine rings is 1. The number of hydrogen-bond donors (Lipinski definition) is 1. The van der Waals surface area contributed by atoms with Crippen molar-refractivity contribution in [1.29, 1.82) is 0 Å². The van der Waals surface area contributed by atoms with Gasteiger partial charge in [0.05, 0.1) is 17.8 Å². The summed E-state index contributed by atoms with van der Waals surface area (Å²) in [5.74, 6) is 0. The minimum atomic E-state index is -3.65. The van der Waals surface area contributed by atoms with E-state index in [9.17, 15) is 13.2 Å². The molecule has 1 aliphatic rings. The first-order valence-corrected chi connectivity index (χ1v) is 11.2. The van der Waals surface area contributed by atoms with Crippen molar-refractivity contribution in [3.05, 3.63) is 36.2 Å². The maximum Gasteiger partial charge on any atom is 0.410 e. The third kappa shape index (κ3) is 6.25. The highest BCUT2D eigenvalue weighted by molar-refractivity contribution is 7.87. The number of nitrogens with zero attached hydrogens (tertiary/aromatic N) is 3. The third-order valence-corrected chi connectivity index (χ3v) is 6.36. The largest absolute Gasteiger partial charge is 0.447 e. The smallest absolute Gasteiger partial charge is 0.410 e. The topological polar surface area (TPSA) is 91.8 Å².